The fraction of sp³-hybridized carbons (Fsp3) is 0.444. The molecular weight excluding hydrogens is 232 g/mol. The lowest BCUT2D eigenvalue weighted by Gasteiger charge is -1.97. The highest BCUT2D eigenvalue weighted by Crippen LogP contribution is 2.31. The molecule has 1 aromatic heterocycles. The maximum atomic E-state index is 10.5. The molecular formula is C9H12N2O4S. The second-order valence-electron chi connectivity index (χ2n) is 3.32. The molecule has 0 bridgehead atoms. The Labute approximate surface area is 95.8 Å². The molecule has 1 rings (SSSR count). The quantitative estimate of drug-likeness (QED) is 0.452. The Morgan fingerprint density at radius 1 is 1.56 bits per heavy atom. The van der Waals surface area contributed by atoms with E-state index in [9.17, 15) is 14.9 Å². The second-order valence-corrected chi connectivity index (χ2v) is 4.44. The molecule has 0 aliphatic rings. The van der Waals surface area contributed by atoms with Crippen molar-refractivity contribution in [2.45, 2.75) is 25.7 Å². The van der Waals surface area contributed by atoms with Crippen LogP contribution in [-0.2, 0) is 11.2 Å². The summed E-state index contributed by atoms with van der Waals surface area (Å²) in [7, 11) is 0. The van der Waals surface area contributed by atoms with Crippen LogP contribution in [0.25, 0.3) is 0 Å². The molecule has 0 aromatic carbocycles. The van der Waals surface area contributed by atoms with Gasteiger partial charge in [0.2, 0.25) is 0 Å². The van der Waals surface area contributed by atoms with E-state index in [0.717, 1.165) is 16.2 Å². The molecule has 0 saturated carbocycles. The van der Waals surface area contributed by atoms with Gasteiger partial charge in [-0.2, -0.15) is 0 Å². The number of aliphatic carboxylic acids is 1. The summed E-state index contributed by atoms with van der Waals surface area (Å²) in [5.74, 6) is -0.829. The van der Waals surface area contributed by atoms with Gasteiger partial charge >= 0.3 is 11.0 Å². The molecule has 0 unspecified atom stereocenters. The van der Waals surface area contributed by atoms with E-state index in [2.05, 4.69) is 0 Å². The molecule has 0 fully saturated rings. The number of nitrogens with two attached hydrogens (primary N) is 1. The molecule has 0 aliphatic carbocycles. The molecule has 0 spiro atoms. The van der Waals surface area contributed by atoms with Gasteiger partial charge in [0.15, 0.2) is 0 Å². The third kappa shape index (κ3) is 3.50. The molecule has 3 N–H and O–H groups in total. The van der Waals surface area contributed by atoms with E-state index in [-0.39, 0.29) is 11.4 Å². The molecule has 0 amide bonds. The number of carboxylic acid groups (broad SMARTS) is 1. The first-order valence-electron chi connectivity index (χ1n) is 4.75. The summed E-state index contributed by atoms with van der Waals surface area (Å²) in [6, 6.07) is 1.34. The molecule has 1 aromatic rings. The molecule has 88 valence electrons. The van der Waals surface area contributed by atoms with Crippen LogP contribution in [0.1, 0.15) is 24.1 Å². The van der Waals surface area contributed by atoms with Crippen molar-refractivity contribution >= 4 is 28.0 Å². The van der Waals surface area contributed by atoms with Crippen LogP contribution < -0.4 is 5.73 Å². The van der Waals surface area contributed by atoms with Crippen molar-refractivity contribution in [1.29, 1.82) is 0 Å². The molecule has 0 saturated heterocycles. The first kappa shape index (κ1) is 12.4. The summed E-state index contributed by atoms with van der Waals surface area (Å²) in [4.78, 5) is 21.0. The van der Waals surface area contributed by atoms with Crippen LogP contribution in [0.15, 0.2) is 6.07 Å². The zero-order valence-electron chi connectivity index (χ0n) is 8.51. The van der Waals surface area contributed by atoms with Gasteiger partial charge in [0.1, 0.15) is 0 Å². The lowest BCUT2D eigenvalue weighted by Crippen LogP contribution is -1.95. The van der Waals surface area contributed by atoms with Gasteiger partial charge in [-0.25, -0.2) is 0 Å². The Kier molecular flexibility index (Phi) is 4.24. The van der Waals surface area contributed by atoms with Crippen LogP contribution in [0, 0.1) is 10.1 Å². The van der Waals surface area contributed by atoms with Crippen molar-refractivity contribution in [2.24, 2.45) is 0 Å². The lowest BCUT2D eigenvalue weighted by molar-refractivity contribution is -0.380. The van der Waals surface area contributed by atoms with Gasteiger partial charge in [-0.1, -0.05) is 11.3 Å². The molecule has 0 radical (unpaired) electrons. The van der Waals surface area contributed by atoms with Crippen LogP contribution in [0.4, 0.5) is 10.7 Å². The van der Waals surface area contributed by atoms with Crippen molar-refractivity contribution in [3.63, 3.8) is 0 Å². The van der Waals surface area contributed by atoms with Crippen molar-refractivity contribution in [1.82, 2.24) is 0 Å². The molecule has 16 heavy (non-hydrogen) atoms. The van der Waals surface area contributed by atoms with Crippen molar-refractivity contribution in [2.75, 3.05) is 5.73 Å². The van der Waals surface area contributed by atoms with Crippen molar-refractivity contribution < 1.29 is 14.8 Å². The zero-order valence-corrected chi connectivity index (χ0v) is 9.33. The number of anilines is 1. The van der Waals surface area contributed by atoms with Gasteiger partial charge in [0.25, 0.3) is 0 Å². The highest BCUT2D eigenvalue weighted by Gasteiger charge is 2.14. The van der Waals surface area contributed by atoms with Gasteiger partial charge in [0, 0.05) is 11.3 Å². The van der Waals surface area contributed by atoms with Gasteiger partial charge in [-0.15, -0.1) is 0 Å². The smallest absolute Gasteiger partial charge is 0.326 e. The average molecular weight is 244 g/mol. The van der Waals surface area contributed by atoms with Gasteiger partial charge in [-0.3, -0.25) is 14.9 Å². The lowest BCUT2D eigenvalue weighted by atomic mass is 10.1. The van der Waals surface area contributed by atoms with Gasteiger partial charge in [-0.05, 0) is 19.3 Å². The molecule has 0 atom stereocenters. The number of rotatable bonds is 6. The number of hydrogen-bond donors (Lipinski definition) is 2. The van der Waals surface area contributed by atoms with E-state index in [4.69, 9.17) is 10.8 Å². The van der Waals surface area contributed by atoms with Gasteiger partial charge < -0.3 is 10.8 Å². The number of thiophene rings is 1. The normalized spacial score (nSPS) is 10.2. The van der Waals surface area contributed by atoms with Crippen LogP contribution in [0.5, 0.6) is 0 Å². The van der Waals surface area contributed by atoms with Crippen LogP contribution in [-0.4, -0.2) is 16.0 Å². The summed E-state index contributed by atoms with van der Waals surface area (Å²) in [6.45, 7) is 0. The number of hydrogen-bond acceptors (Lipinski definition) is 5. The van der Waals surface area contributed by atoms with Crippen molar-refractivity contribution in [3.8, 4) is 0 Å². The topological polar surface area (TPSA) is 106 Å². The van der Waals surface area contributed by atoms with E-state index < -0.39 is 10.9 Å². The minimum Gasteiger partial charge on any atom is -0.481 e. The molecule has 0 aliphatic heterocycles. The SMILES string of the molecule is Nc1cc([N+](=O)[O-])sc1CCCCC(=O)O. The number of nitro groups is 1. The minimum atomic E-state index is -0.829. The Morgan fingerprint density at radius 2 is 2.25 bits per heavy atom. The fourth-order valence-electron chi connectivity index (χ4n) is 1.28. The minimum absolute atomic E-state index is 0.0331. The summed E-state index contributed by atoms with van der Waals surface area (Å²) >= 11 is 1.05. The van der Waals surface area contributed by atoms with E-state index >= 15 is 0 Å². The maximum Gasteiger partial charge on any atom is 0.326 e. The van der Waals surface area contributed by atoms with E-state index in [1.807, 2.05) is 0 Å². The van der Waals surface area contributed by atoms with Crippen LogP contribution in [0.2, 0.25) is 0 Å². The highest BCUT2D eigenvalue weighted by atomic mass is 32.1. The third-order valence-electron chi connectivity index (χ3n) is 2.05. The fourth-order valence-corrected chi connectivity index (χ4v) is 2.21. The van der Waals surface area contributed by atoms with Crippen molar-refractivity contribution in [3.05, 3.63) is 21.1 Å². The second kappa shape index (κ2) is 5.45. The Hall–Kier alpha value is -1.63. The first-order valence-corrected chi connectivity index (χ1v) is 5.56. The maximum absolute atomic E-state index is 10.5. The summed E-state index contributed by atoms with van der Waals surface area (Å²) in [5, 5.41) is 18.9. The number of carbonyl (C=O) groups is 1. The Morgan fingerprint density at radius 3 is 2.75 bits per heavy atom. The number of carboxylic acids is 1. The van der Waals surface area contributed by atoms with Gasteiger partial charge in [0.05, 0.1) is 16.7 Å². The Balaban J connectivity index is 2.47. The number of nitrogen functional groups attached to an aromatic ring is 1. The largest absolute Gasteiger partial charge is 0.481 e. The highest BCUT2D eigenvalue weighted by molar-refractivity contribution is 7.15. The number of nitrogens with zero attached hydrogens (tertiary/aromatic N) is 1. The summed E-state index contributed by atoms with van der Waals surface area (Å²) in [6.07, 6.45) is 1.94. The zero-order chi connectivity index (χ0) is 12.1. The monoisotopic (exact) mass is 244 g/mol. The van der Waals surface area contributed by atoms with E-state index in [1.54, 1.807) is 0 Å². The predicted octanol–water partition coefficient (Wildman–Crippen LogP) is 2.04. The standard InChI is InChI=1S/C9H12N2O4S/c10-6-5-8(11(14)15)16-7(6)3-1-2-4-9(12)13/h5H,1-4,10H2,(H,12,13). The first-order chi connectivity index (χ1) is 7.50. The van der Waals surface area contributed by atoms with E-state index in [0.29, 0.717) is 24.9 Å². The summed E-state index contributed by atoms with van der Waals surface area (Å²) in [5.41, 5.74) is 6.03. The Bertz CT molecular complexity index is 402. The average Bonchev–Trinajstić information content (AvgIpc) is 2.55. The number of unbranched alkanes of at least 4 members (excludes halogenated alkanes) is 1. The summed E-state index contributed by atoms with van der Waals surface area (Å²) < 4.78 is 0. The molecule has 6 nitrogen and oxygen atoms in total. The van der Waals surface area contributed by atoms with E-state index in [1.165, 1.54) is 6.07 Å². The third-order valence-corrected chi connectivity index (χ3v) is 3.22. The molecule has 1 heterocycles. The predicted molar refractivity (Wildman–Crippen MR) is 60.6 cm³/mol. The molecule has 7 heteroatoms. The van der Waals surface area contributed by atoms with Crippen LogP contribution in [0.3, 0.4) is 0 Å². The van der Waals surface area contributed by atoms with Crippen LogP contribution >= 0.6 is 11.3 Å². The number of aryl methyl sites for hydroxylation is 1.